The van der Waals surface area contributed by atoms with Crippen molar-refractivity contribution in [1.29, 1.82) is 0 Å². The van der Waals surface area contributed by atoms with Gasteiger partial charge >= 0.3 is 0 Å². The van der Waals surface area contributed by atoms with E-state index in [1.54, 1.807) is 12.1 Å². The predicted octanol–water partition coefficient (Wildman–Crippen LogP) is 12.7. The lowest BCUT2D eigenvalue weighted by Gasteiger charge is -2.27. The lowest BCUT2D eigenvalue weighted by Crippen LogP contribution is -2.18. The molecule has 4 aromatic carbocycles. The van der Waals surface area contributed by atoms with Crippen LogP contribution in [0.2, 0.25) is 0 Å². The summed E-state index contributed by atoms with van der Waals surface area (Å²) in [6.45, 7) is 33.0. The normalized spacial score (nSPS) is 12.5. The maximum Gasteiger partial charge on any atom is 0.122 e. The standard InChI is InChI=1S/C26H38O2S.C22H30O3S/c1-9-19-11-17(13-21(23(19)27)25(3,4)5)15-29-16-18-12-20(10-2)24(28)22(14-18)26(6,7)8;1-13-9-19(15(11-17(13)23)21(3,4)5)26(25)20-10-14(2)18(24)12-16(20)22(6,7)8/h11-14,27-28H,9-10,15-16H2,1-8H3;9-12,23-24H,1-8H3. The lowest BCUT2D eigenvalue weighted by atomic mass is 9.84. The van der Waals surface area contributed by atoms with Crippen LogP contribution in [0.3, 0.4) is 0 Å². The van der Waals surface area contributed by atoms with Gasteiger partial charge in [0.05, 0.1) is 10.8 Å². The summed E-state index contributed by atoms with van der Waals surface area (Å²) in [7, 11) is -1.42. The number of benzene rings is 4. The third-order valence-electron chi connectivity index (χ3n) is 10.0. The van der Waals surface area contributed by atoms with Gasteiger partial charge < -0.3 is 20.4 Å². The second-order valence-corrected chi connectivity index (χ2v) is 21.4. The molecule has 0 bridgehead atoms. The summed E-state index contributed by atoms with van der Waals surface area (Å²) in [6.07, 6.45) is 1.67. The summed E-state index contributed by atoms with van der Waals surface area (Å²) in [5.41, 5.74) is 9.10. The molecule has 4 rings (SSSR count). The summed E-state index contributed by atoms with van der Waals surface area (Å²) in [5, 5.41) is 41.6. The Morgan fingerprint density at radius 3 is 1.07 bits per heavy atom. The van der Waals surface area contributed by atoms with E-state index in [1.807, 2.05) is 79.3 Å². The molecular weight excluding hydrogens is 721 g/mol. The molecule has 0 saturated carbocycles. The topological polar surface area (TPSA) is 98.0 Å². The molecule has 0 saturated heterocycles. The molecule has 0 aliphatic carbocycles. The van der Waals surface area contributed by atoms with E-state index in [4.69, 9.17) is 0 Å². The first-order valence-corrected chi connectivity index (χ1v) is 21.8. The van der Waals surface area contributed by atoms with Crippen LogP contribution < -0.4 is 0 Å². The molecule has 5 nitrogen and oxygen atoms in total. The third-order valence-corrected chi connectivity index (χ3v) is 12.6. The van der Waals surface area contributed by atoms with Gasteiger partial charge in [0.2, 0.25) is 0 Å². The van der Waals surface area contributed by atoms with E-state index >= 15 is 0 Å². The number of aromatic hydroxyl groups is 4. The van der Waals surface area contributed by atoms with E-state index in [9.17, 15) is 24.6 Å². The molecule has 0 aliphatic heterocycles. The number of aryl methyl sites for hydroxylation is 4. The molecule has 0 radical (unpaired) electrons. The average molecular weight is 789 g/mol. The fourth-order valence-corrected chi connectivity index (χ4v) is 9.44. The Morgan fingerprint density at radius 1 is 0.491 bits per heavy atom. The van der Waals surface area contributed by atoms with Gasteiger partial charge in [0.1, 0.15) is 23.0 Å². The van der Waals surface area contributed by atoms with E-state index in [2.05, 4.69) is 79.7 Å². The highest BCUT2D eigenvalue weighted by molar-refractivity contribution is 7.97. The van der Waals surface area contributed by atoms with Crippen LogP contribution >= 0.6 is 11.8 Å². The SMILES string of the molecule is CCc1cc(CSCc2cc(CC)c(O)c(C(C)(C)C)c2)cc(C(C)(C)C)c1O.Cc1cc(S(=O)c2cc(C)c(O)cc2C(C)(C)C)c(C(C)(C)C)cc1O. The molecule has 0 aliphatic rings. The largest absolute Gasteiger partial charge is 0.508 e. The van der Waals surface area contributed by atoms with Crippen molar-refractivity contribution in [1.82, 2.24) is 0 Å². The van der Waals surface area contributed by atoms with Crippen LogP contribution in [0.4, 0.5) is 0 Å². The van der Waals surface area contributed by atoms with Gasteiger partial charge in [-0.05, 0) is 128 Å². The van der Waals surface area contributed by atoms with Gasteiger partial charge in [0.15, 0.2) is 0 Å². The van der Waals surface area contributed by atoms with Crippen molar-refractivity contribution in [3.8, 4) is 23.0 Å². The van der Waals surface area contributed by atoms with Crippen molar-refractivity contribution in [2.24, 2.45) is 0 Å². The van der Waals surface area contributed by atoms with Crippen LogP contribution in [0.25, 0.3) is 0 Å². The van der Waals surface area contributed by atoms with Gasteiger partial charge in [-0.25, -0.2) is 4.21 Å². The van der Waals surface area contributed by atoms with Crippen molar-refractivity contribution < 1.29 is 24.6 Å². The maximum atomic E-state index is 13.7. The van der Waals surface area contributed by atoms with Crippen molar-refractivity contribution in [2.45, 2.75) is 167 Å². The third kappa shape index (κ3) is 11.3. The highest BCUT2D eigenvalue weighted by Gasteiger charge is 2.28. The van der Waals surface area contributed by atoms with Crippen LogP contribution in [0.15, 0.2) is 58.3 Å². The number of phenolic OH excluding ortho intramolecular Hbond substituents is 4. The second-order valence-electron chi connectivity index (χ2n) is 19.0. The molecule has 4 aromatic rings. The molecule has 0 atom stereocenters. The molecule has 0 amide bonds. The zero-order valence-electron chi connectivity index (χ0n) is 36.5. The highest BCUT2D eigenvalue weighted by atomic mass is 32.2. The first-order valence-electron chi connectivity index (χ1n) is 19.5. The van der Waals surface area contributed by atoms with Crippen LogP contribution in [-0.2, 0) is 56.8 Å². The molecule has 0 fully saturated rings. The maximum absolute atomic E-state index is 13.7. The fraction of sp³-hybridized carbons (Fsp3) is 0.500. The number of hydrogen-bond acceptors (Lipinski definition) is 6. The minimum Gasteiger partial charge on any atom is -0.508 e. The van der Waals surface area contributed by atoms with Crippen molar-refractivity contribution in [3.63, 3.8) is 0 Å². The van der Waals surface area contributed by atoms with E-state index in [0.717, 1.165) is 57.7 Å². The smallest absolute Gasteiger partial charge is 0.122 e. The second kappa shape index (κ2) is 17.4. The number of thioether (sulfide) groups is 1. The highest BCUT2D eigenvalue weighted by Crippen LogP contribution is 2.41. The zero-order valence-corrected chi connectivity index (χ0v) is 38.1. The Kier molecular flexibility index (Phi) is 14.5. The Bertz CT molecular complexity index is 1870. The van der Waals surface area contributed by atoms with Crippen molar-refractivity contribution >= 4 is 22.6 Å². The fourth-order valence-electron chi connectivity index (χ4n) is 6.59. The Balaban J connectivity index is 0.000000297. The van der Waals surface area contributed by atoms with E-state index < -0.39 is 10.8 Å². The quantitative estimate of drug-likeness (QED) is 0.142. The molecule has 55 heavy (non-hydrogen) atoms. The Morgan fingerprint density at radius 2 is 0.800 bits per heavy atom. The van der Waals surface area contributed by atoms with E-state index in [0.29, 0.717) is 32.4 Å². The molecule has 302 valence electrons. The van der Waals surface area contributed by atoms with E-state index in [1.165, 1.54) is 11.1 Å². The van der Waals surface area contributed by atoms with Gasteiger partial charge in [-0.1, -0.05) is 121 Å². The van der Waals surface area contributed by atoms with Gasteiger partial charge in [-0.15, -0.1) is 0 Å². The molecular formula is C48H68O5S2. The van der Waals surface area contributed by atoms with Crippen molar-refractivity contribution in [2.75, 3.05) is 0 Å². The zero-order chi connectivity index (χ0) is 42.0. The molecule has 4 N–H and O–H groups in total. The van der Waals surface area contributed by atoms with E-state index in [-0.39, 0.29) is 33.2 Å². The minimum absolute atomic E-state index is 0.0801. The molecule has 0 heterocycles. The first-order chi connectivity index (χ1) is 25.1. The van der Waals surface area contributed by atoms with Crippen LogP contribution in [0, 0.1) is 13.8 Å². The number of rotatable bonds is 8. The van der Waals surface area contributed by atoms with Crippen LogP contribution in [0.1, 0.15) is 153 Å². The predicted molar refractivity (Wildman–Crippen MR) is 235 cm³/mol. The Labute approximate surface area is 339 Å². The molecule has 0 aromatic heterocycles. The summed E-state index contributed by atoms with van der Waals surface area (Å²) in [4.78, 5) is 1.42. The van der Waals surface area contributed by atoms with Crippen LogP contribution in [0.5, 0.6) is 23.0 Å². The summed E-state index contributed by atoms with van der Waals surface area (Å²) in [6, 6.07) is 15.7. The summed E-state index contributed by atoms with van der Waals surface area (Å²) in [5.74, 6) is 3.15. The van der Waals surface area contributed by atoms with Crippen LogP contribution in [-0.4, -0.2) is 24.6 Å². The van der Waals surface area contributed by atoms with Gasteiger partial charge in [0.25, 0.3) is 0 Å². The number of hydrogen-bond donors (Lipinski definition) is 4. The molecule has 0 unspecified atom stereocenters. The number of phenols is 4. The van der Waals surface area contributed by atoms with Gasteiger partial charge in [0, 0.05) is 21.3 Å². The first kappa shape index (κ1) is 46.0. The Hall–Kier alpha value is -3.42. The summed E-state index contributed by atoms with van der Waals surface area (Å²) >= 11 is 1.88. The minimum atomic E-state index is -1.42. The summed E-state index contributed by atoms with van der Waals surface area (Å²) < 4.78 is 13.7. The molecule has 7 heteroatoms. The van der Waals surface area contributed by atoms with Gasteiger partial charge in [-0.3, -0.25) is 0 Å². The average Bonchev–Trinajstić information content (AvgIpc) is 3.06. The monoisotopic (exact) mass is 788 g/mol. The lowest BCUT2D eigenvalue weighted by molar-refractivity contribution is 0.440. The molecule has 0 spiro atoms. The van der Waals surface area contributed by atoms with Crippen molar-refractivity contribution in [3.05, 3.63) is 104 Å². The van der Waals surface area contributed by atoms with Gasteiger partial charge in [-0.2, -0.15) is 11.8 Å².